The second-order valence-corrected chi connectivity index (χ2v) is 9.13. The fourth-order valence-electron chi connectivity index (χ4n) is 4.25. The SMILES string of the molecule is N#Cc1cnc2cc(-c3ccc(CNCCO)cc3)ccc2c1Nc1ccc(Cc2ccoc2)c(Cl)c1. The van der Waals surface area contributed by atoms with Crippen LogP contribution in [-0.2, 0) is 13.0 Å². The summed E-state index contributed by atoms with van der Waals surface area (Å²) in [4.78, 5) is 4.55. The maximum absolute atomic E-state index is 9.75. The van der Waals surface area contributed by atoms with E-state index in [9.17, 15) is 5.26 Å². The summed E-state index contributed by atoms with van der Waals surface area (Å²) in [5.41, 5.74) is 8.05. The summed E-state index contributed by atoms with van der Waals surface area (Å²) in [6.07, 6.45) is 5.64. The zero-order valence-corrected chi connectivity index (χ0v) is 20.8. The quantitative estimate of drug-likeness (QED) is 0.198. The van der Waals surface area contributed by atoms with E-state index in [0.717, 1.165) is 44.4 Å². The molecule has 0 fully saturated rings. The van der Waals surface area contributed by atoms with Crippen LogP contribution in [0.25, 0.3) is 22.0 Å². The minimum absolute atomic E-state index is 0.122. The molecule has 7 heteroatoms. The standard InChI is InChI=1S/C30H25ClN4O2/c31-28-15-26(7-5-24(28)13-21-9-12-37-19-21)35-30-25(16-32)18-34-29-14-23(6-8-27(29)30)22-3-1-20(2-4-22)17-33-10-11-36/h1-9,12,14-15,18-19,33,36H,10-11,13,17H2,(H,34,35). The summed E-state index contributed by atoms with van der Waals surface area (Å²) in [6.45, 7) is 1.40. The molecule has 0 unspecified atom stereocenters. The Bertz CT molecular complexity index is 1560. The molecular formula is C30H25ClN4O2. The number of hydrogen-bond acceptors (Lipinski definition) is 6. The molecule has 0 saturated carbocycles. The lowest BCUT2D eigenvalue weighted by Gasteiger charge is -2.14. The molecule has 0 radical (unpaired) electrons. The summed E-state index contributed by atoms with van der Waals surface area (Å²) in [7, 11) is 0. The maximum atomic E-state index is 9.75. The van der Waals surface area contributed by atoms with Crippen molar-refractivity contribution in [2.24, 2.45) is 0 Å². The van der Waals surface area contributed by atoms with Gasteiger partial charge in [-0.1, -0.05) is 54.1 Å². The highest BCUT2D eigenvalue weighted by atomic mass is 35.5. The average Bonchev–Trinajstić information content (AvgIpc) is 3.44. The zero-order valence-electron chi connectivity index (χ0n) is 20.0. The predicted octanol–water partition coefficient (Wildman–Crippen LogP) is 6.44. The van der Waals surface area contributed by atoms with E-state index in [0.29, 0.717) is 35.8 Å². The summed E-state index contributed by atoms with van der Waals surface area (Å²) in [5.74, 6) is 0. The second kappa shape index (κ2) is 11.3. The lowest BCUT2D eigenvalue weighted by molar-refractivity contribution is 0.292. The van der Waals surface area contributed by atoms with Crippen LogP contribution in [-0.4, -0.2) is 23.2 Å². The third-order valence-corrected chi connectivity index (χ3v) is 6.54. The smallest absolute Gasteiger partial charge is 0.103 e. The Hall–Kier alpha value is -4.15. The van der Waals surface area contributed by atoms with Gasteiger partial charge in [0.05, 0.1) is 35.9 Å². The van der Waals surface area contributed by atoms with E-state index in [1.165, 1.54) is 0 Å². The third-order valence-electron chi connectivity index (χ3n) is 6.19. The number of aromatic nitrogens is 1. The topological polar surface area (TPSA) is 94.1 Å². The van der Waals surface area contributed by atoms with Crippen molar-refractivity contribution in [3.8, 4) is 17.2 Å². The molecule has 3 N–H and O–H groups in total. The van der Waals surface area contributed by atoms with Crippen LogP contribution in [0.3, 0.4) is 0 Å². The molecular weight excluding hydrogens is 484 g/mol. The highest BCUT2D eigenvalue weighted by molar-refractivity contribution is 6.31. The number of nitrogens with one attached hydrogen (secondary N) is 2. The second-order valence-electron chi connectivity index (χ2n) is 8.73. The van der Waals surface area contributed by atoms with Crippen LogP contribution < -0.4 is 10.6 Å². The number of hydrogen-bond donors (Lipinski definition) is 3. The van der Waals surface area contributed by atoms with Gasteiger partial charge in [0.25, 0.3) is 0 Å². The Morgan fingerprint density at radius 1 is 0.973 bits per heavy atom. The molecule has 184 valence electrons. The highest BCUT2D eigenvalue weighted by Crippen LogP contribution is 2.33. The molecule has 0 aliphatic heterocycles. The van der Waals surface area contributed by atoms with Gasteiger partial charge < -0.3 is 20.2 Å². The van der Waals surface area contributed by atoms with E-state index in [2.05, 4.69) is 46.0 Å². The molecule has 0 saturated heterocycles. The molecule has 0 bridgehead atoms. The fraction of sp³-hybridized carbons (Fsp3) is 0.133. The van der Waals surface area contributed by atoms with Crippen molar-refractivity contribution in [2.75, 3.05) is 18.5 Å². The van der Waals surface area contributed by atoms with Crippen LogP contribution in [0.4, 0.5) is 11.4 Å². The van der Waals surface area contributed by atoms with Gasteiger partial charge in [-0.3, -0.25) is 4.98 Å². The molecule has 0 aliphatic rings. The molecule has 5 rings (SSSR count). The molecule has 6 nitrogen and oxygen atoms in total. The minimum Gasteiger partial charge on any atom is -0.472 e. The number of nitrogens with zero attached hydrogens (tertiary/aromatic N) is 2. The Kier molecular flexibility index (Phi) is 7.48. The number of furan rings is 1. The van der Waals surface area contributed by atoms with Gasteiger partial charge in [-0.25, -0.2) is 0 Å². The van der Waals surface area contributed by atoms with E-state index in [-0.39, 0.29) is 6.61 Å². The fourth-order valence-corrected chi connectivity index (χ4v) is 4.49. The Balaban J connectivity index is 1.41. The van der Waals surface area contributed by atoms with E-state index in [4.69, 9.17) is 21.1 Å². The van der Waals surface area contributed by atoms with Gasteiger partial charge in [0.1, 0.15) is 6.07 Å². The first-order chi connectivity index (χ1) is 18.1. The molecule has 0 aliphatic carbocycles. The van der Waals surface area contributed by atoms with E-state index >= 15 is 0 Å². The molecule has 2 aromatic heterocycles. The Labute approximate surface area is 220 Å². The van der Waals surface area contributed by atoms with Gasteiger partial charge in [0.15, 0.2) is 0 Å². The lowest BCUT2D eigenvalue weighted by atomic mass is 10.0. The average molecular weight is 509 g/mol. The van der Waals surface area contributed by atoms with Crippen LogP contribution in [0, 0.1) is 11.3 Å². The number of aliphatic hydroxyl groups is 1. The highest BCUT2D eigenvalue weighted by Gasteiger charge is 2.12. The van der Waals surface area contributed by atoms with E-state index < -0.39 is 0 Å². The van der Waals surface area contributed by atoms with Crippen LogP contribution >= 0.6 is 11.6 Å². The number of nitriles is 1. The van der Waals surface area contributed by atoms with Crippen LogP contribution in [0.2, 0.25) is 5.02 Å². The first kappa shape index (κ1) is 24.5. The van der Waals surface area contributed by atoms with Crippen molar-refractivity contribution < 1.29 is 9.52 Å². The molecule has 3 aromatic carbocycles. The first-order valence-electron chi connectivity index (χ1n) is 11.9. The maximum Gasteiger partial charge on any atom is 0.103 e. The third kappa shape index (κ3) is 5.65. The Morgan fingerprint density at radius 3 is 2.54 bits per heavy atom. The number of rotatable bonds is 9. The largest absolute Gasteiger partial charge is 0.472 e. The number of anilines is 2. The van der Waals surface area contributed by atoms with Crippen molar-refractivity contribution in [1.29, 1.82) is 5.26 Å². The van der Waals surface area contributed by atoms with Crippen molar-refractivity contribution in [1.82, 2.24) is 10.3 Å². The van der Waals surface area contributed by atoms with Crippen molar-refractivity contribution in [3.63, 3.8) is 0 Å². The summed E-state index contributed by atoms with van der Waals surface area (Å²) in [6, 6.07) is 24.3. The van der Waals surface area contributed by atoms with Gasteiger partial charge >= 0.3 is 0 Å². The molecule has 0 amide bonds. The number of benzene rings is 3. The van der Waals surface area contributed by atoms with Crippen molar-refractivity contribution in [2.45, 2.75) is 13.0 Å². The van der Waals surface area contributed by atoms with E-state index in [1.807, 2.05) is 42.5 Å². The molecule has 2 heterocycles. The first-order valence-corrected chi connectivity index (χ1v) is 12.3. The number of halogens is 1. The number of pyridine rings is 1. The molecule has 0 spiro atoms. The van der Waals surface area contributed by atoms with Crippen LogP contribution in [0.15, 0.2) is 89.9 Å². The summed E-state index contributed by atoms with van der Waals surface area (Å²) < 4.78 is 5.15. The molecule has 37 heavy (non-hydrogen) atoms. The summed E-state index contributed by atoms with van der Waals surface area (Å²) in [5, 5.41) is 26.7. The molecule has 0 atom stereocenters. The summed E-state index contributed by atoms with van der Waals surface area (Å²) >= 11 is 6.58. The molecule has 5 aromatic rings. The zero-order chi connectivity index (χ0) is 25.6. The lowest BCUT2D eigenvalue weighted by Crippen LogP contribution is -2.17. The van der Waals surface area contributed by atoms with Gasteiger partial charge in [-0.05, 0) is 52.1 Å². The van der Waals surface area contributed by atoms with Crippen LogP contribution in [0.1, 0.15) is 22.3 Å². The van der Waals surface area contributed by atoms with Gasteiger partial charge in [-0.2, -0.15) is 5.26 Å². The van der Waals surface area contributed by atoms with Gasteiger partial charge in [0.2, 0.25) is 0 Å². The monoisotopic (exact) mass is 508 g/mol. The minimum atomic E-state index is 0.122. The van der Waals surface area contributed by atoms with E-state index in [1.54, 1.807) is 18.7 Å². The van der Waals surface area contributed by atoms with Crippen molar-refractivity contribution in [3.05, 3.63) is 113 Å². The number of fused-ring (bicyclic) bond motifs is 1. The normalized spacial score (nSPS) is 10.9. The van der Waals surface area contributed by atoms with Crippen molar-refractivity contribution >= 4 is 33.9 Å². The van der Waals surface area contributed by atoms with Crippen LogP contribution in [0.5, 0.6) is 0 Å². The predicted molar refractivity (Wildman–Crippen MR) is 147 cm³/mol. The van der Waals surface area contributed by atoms with Gasteiger partial charge in [0, 0.05) is 41.8 Å². The number of aliphatic hydroxyl groups excluding tert-OH is 1. The van der Waals surface area contributed by atoms with Gasteiger partial charge in [-0.15, -0.1) is 0 Å². The Morgan fingerprint density at radius 2 is 1.81 bits per heavy atom.